The third-order valence-corrected chi connectivity index (χ3v) is 4.00. The molecule has 1 heterocycles. The van der Waals surface area contributed by atoms with Crippen LogP contribution in [-0.2, 0) is 15.7 Å². The van der Waals surface area contributed by atoms with Crippen LogP contribution in [-0.4, -0.2) is 34.4 Å². The quantitative estimate of drug-likeness (QED) is 0.765. The van der Waals surface area contributed by atoms with Crippen LogP contribution in [0.2, 0.25) is 5.02 Å². The molecule has 0 radical (unpaired) electrons. The normalized spacial score (nSPS) is 13.2. The minimum atomic E-state index is -4.59. The summed E-state index contributed by atoms with van der Waals surface area (Å²) < 4.78 is 42.6. The van der Waals surface area contributed by atoms with Crippen molar-refractivity contribution in [3.63, 3.8) is 0 Å². The van der Waals surface area contributed by atoms with E-state index < -0.39 is 35.4 Å². The van der Waals surface area contributed by atoms with E-state index in [0.29, 0.717) is 12.3 Å². The Hall–Kier alpha value is -1.68. The maximum absolute atomic E-state index is 12.5. The predicted molar refractivity (Wildman–Crippen MR) is 83.1 cm³/mol. The lowest BCUT2D eigenvalue weighted by Crippen LogP contribution is -2.50. The molecule has 1 rings (SSSR count). The highest BCUT2D eigenvalue weighted by atomic mass is 35.5. The monoisotopic (exact) mass is 399 g/mol. The van der Waals surface area contributed by atoms with E-state index in [1.54, 1.807) is 20.8 Å². The fraction of sp³-hybridized carbons (Fsp3) is 0.500. The van der Waals surface area contributed by atoms with Crippen LogP contribution in [0, 0.1) is 0 Å². The highest BCUT2D eigenvalue weighted by Gasteiger charge is 2.31. The molecule has 0 aliphatic rings. The van der Waals surface area contributed by atoms with Crippen molar-refractivity contribution in [1.29, 1.82) is 0 Å². The first-order chi connectivity index (χ1) is 11.3. The predicted octanol–water partition coefficient (Wildman–Crippen LogP) is 2.49. The Kier molecular flexibility index (Phi) is 6.95. The Morgan fingerprint density at radius 3 is 2.44 bits per heavy atom. The second-order valence-corrected chi connectivity index (χ2v) is 7.25. The van der Waals surface area contributed by atoms with Gasteiger partial charge in [-0.3, -0.25) is 0 Å². The van der Waals surface area contributed by atoms with Crippen molar-refractivity contribution in [2.75, 3.05) is 5.75 Å². The van der Waals surface area contributed by atoms with Gasteiger partial charge < -0.3 is 20.0 Å². The number of rotatable bonds is 5. The van der Waals surface area contributed by atoms with Gasteiger partial charge in [0.1, 0.15) is 10.6 Å². The highest BCUT2D eigenvalue weighted by molar-refractivity contribution is 7.99. The fourth-order valence-electron chi connectivity index (χ4n) is 1.47. The Bertz CT molecular complexity index is 650. The molecule has 1 amide bonds. The third-order valence-electron chi connectivity index (χ3n) is 2.50. The molecule has 0 bridgehead atoms. The number of aliphatic carboxylic acids is 1. The minimum absolute atomic E-state index is 0.00750. The Morgan fingerprint density at radius 1 is 1.40 bits per heavy atom. The minimum Gasteiger partial charge on any atom is -0.548 e. The second kappa shape index (κ2) is 8.13. The van der Waals surface area contributed by atoms with Gasteiger partial charge in [0.25, 0.3) is 0 Å². The SMILES string of the molecule is CC(C)(C)OC(=O)N[C@@H](CSc1ncc(C(F)(F)F)cc1Cl)C(=O)[O-]. The Labute approximate surface area is 151 Å². The number of carboxylic acids is 1. The Balaban J connectivity index is 2.75. The number of aromatic nitrogens is 1. The summed E-state index contributed by atoms with van der Waals surface area (Å²) in [5.74, 6) is -1.85. The number of alkyl halides is 3. The van der Waals surface area contributed by atoms with Gasteiger partial charge in [-0.1, -0.05) is 11.6 Å². The van der Waals surface area contributed by atoms with Crippen molar-refractivity contribution in [1.82, 2.24) is 10.3 Å². The van der Waals surface area contributed by atoms with Crippen LogP contribution >= 0.6 is 23.4 Å². The number of hydrogen-bond donors (Lipinski definition) is 1. The van der Waals surface area contributed by atoms with Gasteiger partial charge in [0.2, 0.25) is 0 Å². The van der Waals surface area contributed by atoms with E-state index in [1.165, 1.54) is 0 Å². The number of amides is 1. The molecule has 6 nitrogen and oxygen atoms in total. The van der Waals surface area contributed by atoms with Crippen LogP contribution in [0.4, 0.5) is 18.0 Å². The molecule has 11 heteroatoms. The molecule has 1 aromatic heterocycles. The van der Waals surface area contributed by atoms with Crippen LogP contribution in [0.5, 0.6) is 0 Å². The Morgan fingerprint density at radius 2 is 2.00 bits per heavy atom. The van der Waals surface area contributed by atoms with Crippen molar-refractivity contribution in [2.45, 2.75) is 43.6 Å². The lowest BCUT2D eigenvalue weighted by atomic mass is 10.2. The first kappa shape index (κ1) is 21.4. The largest absolute Gasteiger partial charge is 0.548 e. The van der Waals surface area contributed by atoms with Crippen molar-refractivity contribution < 1.29 is 32.6 Å². The molecular formula is C14H15ClF3N2O4S-. The van der Waals surface area contributed by atoms with Gasteiger partial charge in [-0.25, -0.2) is 9.78 Å². The number of hydrogen-bond acceptors (Lipinski definition) is 6. The van der Waals surface area contributed by atoms with Gasteiger partial charge in [0, 0.05) is 11.9 Å². The van der Waals surface area contributed by atoms with E-state index in [4.69, 9.17) is 16.3 Å². The number of ether oxygens (including phenoxy) is 1. The maximum Gasteiger partial charge on any atom is 0.417 e. The topological polar surface area (TPSA) is 91.3 Å². The lowest BCUT2D eigenvalue weighted by Gasteiger charge is -2.24. The number of carboxylic acid groups (broad SMARTS) is 1. The van der Waals surface area contributed by atoms with Gasteiger partial charge in [-0.15, -0.1) is 11.8 Å². The van der Waals surface area contributed by atoms with Gasteiger partial charge in [0.05, 0.1) is 22.6 Å². The molecular weight excluding hydrogens is 385 g/mol. The standard InChI is InChI=1S/C14H16ClF3N2O4S/c1-13(2,3)24-12(23)20-9(11(21)22)6-25-10-8(15)4-7(5-19-10)14(16,17)18/h4-5,9H,6H2,1-3H3,(H,20,23)(H,21,22)/p-1/t9-/m0/s1. The zero-order valence-corrected chi connectivity index (χ0v) is 15.0. The summed E-state index contributed by atoms with van der Waals surface area (Å²) in [7, 11) is 0. The van der Waals surface area contributed by atoms with Gasteiger partial charge in [-0.2, -0.15) is 13.2 Å². The van der Waals surface area contributed by atoms with E-state index in [9.17, 15) is 27.9 Å². The molecule has 0 unspecified atom stereocenters. The van der Waals surface area contributed by atoms with Crippen molar-refractivity contribution in [2.24, 2.45) is 0 Å². The first-order valence-corrected chi connectivity index (χ1v) is 8.22. The van der Waals surface area contributed by atoms with Crippen LogP contribution in [0.15, 0.2) is 17.3 Å². The molecule has 1 aromatic rings. The summed E-state index contributed by atoms with van der Waals surface area (Å²) in [5, 5.41) is 12.9. The molecule has 0 saturated heterocycles. The van der Waals surface area contributed by atoms with E-state index in [-0.39, 0.29) is 15.8 Å². The van der Waals surface area contributed by atoms with Crippen molar-refractivity contribution in [3.8, 4) is 0 Å². The molecule has 0 saturated carbocycles. The molecule has 1 N–H and O–H groups in total. The summed E-state index contributed by atoms with van der Waals surface area (Å²) in [6, 6.07) is -0.758. The maximum atomic E-state index is 12.5. The zero-order chi connectivity index (χ0) is 19.4. The van der Waals surface area contributed by atoms with Crippen LogP contribution in [0.3, 0.4) is 0 Å². The summed E-state index contributed by atoms with van der Waals surface area (Å²) in [5.41, 5.74) is -1.85. The van der Waals surface area contributed by atoms with Crippen molar-refractivity contribution in [3.05, 3.63) is 22.8 Å². The van der Waals surface area contributed by atoms with Gasteiger partial charge >= 0.3 is 12.3 Å². The molecule has 25 heavy (non-hydrogen) atoms. The van der Waals surface area contributed by atoms with Crippen LogP contribution in [0.25, 0.3) is 0 Å². The lowest BCUT2D eigenvalue weighted by molar-refractivity contribution is -0.307. The zero-order valence-electron chi connectivity index (χ0n) is 13.4. The first-order valence-electron chi connectivity index (χ1n) is 6.85. The number of nitrogens with zero attached hydrogens (tertiary/aromatic N) is 1. The molecule has 0 fully saturated rings. The van der Waals surface area contributed by atoms with Crippen LogP contribution in [0.1, 0.15) is 26.3 Å². The van der Waals surface area contributed by atoms with Gasteiger partial charge in [-0.05, 0) is 26.8 Å². The molecule has 0 aliphatic carbocycles. The third kappa shape index (κ3) is 7.39. The van der Waals surface area contributed by atoms with E-state index in [0.717, 1.165) is 11.8 Å². The van der Waals surface area contributed by atoms with Crippen LogP contribution < -0.4 is 10.4 Å². The number of nitrogens with one attached hydrogen (secondary N) is 1. The number of thioether (sulfide) groups is 1. The number of pyridine rings is 1. The molecule has 0 aromatic carbocycles. The average molecular weight is 400 g/mol. The number of halogens is 4. The summed E-state index contributed by atoms with van der Waals surface area (Å²) in [4.78, 5) is 26.3. The van der Waals surface area contributed by atoms with E-state index in [2.05, 4.69) is 10.3 Å². The number of carbonyl (C=O) groups excluding carboxylic acids is 2. The second-order valence-electron chi connectivity index (χ2n) is 5.84. The van der Waals surface area contributed by atoms with E-state index >= 15 is 0 Å². The highest BCUT2D eigenvalue weighted by Crippen LogP contribution is 2.33. The number of carbonyl (C=O) groups is 2. The number of alkyl carbamates (subject to hydrolysis) is 1. The van der Waals surface area contributed by atoms with Crippen molar-refractivity contribution >= 4 is 35.4 Å². The fourth-order valence-corrected chi connectivity index (χ4v) is 2.67. The summed E-state index contributed by atoms with van der Waals surface area (Å²) in [6.45, 7) is 4.80. The van der Waals surface area contributed by atoms with E-state index in [1.807, 2.05) is 0 Å². The van der Waals surface area contributed by atoms with Gasteiger partial charge in [0.15, 0.2) is 0 Å². The molecule has 0 aliphatic heterocycles. The summed E-state index contributed by atoms with van der Waals surface area (Å²) in [6.07, 6.45) is -4.97. The average Bonchev–Trinajstić information content (AvgIpc) is 2.41. The molecule has 1 atom stereocenters. The summed E-state index contributed by atoms with van der Waals surface area (Å²) >= 11 is 6.49. The smallest absolute Gasteiger partial charge is 0.417 e. The molecule has 0 spiro atoms. The molecule has 140 valence electrons.